The first kappa shape index (κ1) is 12.9. The van der Waals surface area contributed by atoms with Gasteiger partial charge in [0.25, 0.3) is 11.4 Å². The number of fused-ring (bicyclic) bond motifs is 1. The third-order valence-electron chi connectivity index (χ3n) is 2.53. The predicted octanol–water partition coefficient (Wildman–Crippen LogP) is -1.40. The first-order valence-corrected chi connectivity index (χ1v) is 5.45. The van der Waals surface area contributed by atoms with Gasteiger partial charge in [0.05, 0.1) is 6.61 Å². The van der Waals surface area contributed by atoms with Crippen LogP contribution in [-0.2, 0) is 18.8 Å². The molecule has 0 atom stereocenters. The minimum absolute atomic E-state index is 0.0150. The van der Waals surface area contributed by atoms with Crippen molar-refractivity contribution in [3.8, 4) is 0 Å². The summed E-state index contributed by atoms with van der Waals surface area (Å²) in [6.07, 6.45) is 0. The maximum Gasteiger partial charge on any atom is 0.378 e. The van der Waals surface area contributed by atoms with E-state index in [2.05, 4.69) is 15.2 Å². The van der Waals surface area contributed by atoms with Crippen molar-refractivity contribution in [2.24, 2.45) is 14.1 Å². The molecule has 0 aromatic carbocycles. The number of carbonyl (C=O) groups excluding carboxylic acids is 1. The Balaban J connectivity index is 2.77. The zero-order chi connectivity index (χ0) is 14.2. The molecule has 0 unspecified atom stereocenters. The molecule has 2 rings (SSSR count). The topological polar surface area (TPSA) is 109 Å². The highest BCUT2D eigenvalue weighted by Crippen LogP contribution is 2.00. The van der Waals surface area contributed by atoms with Crippen LogP contribution in [0.4, 0.5) is 0 Å². The lowest BCUT2D eigenvalue weighted by molar-refractivity contribution is 0.0511. The quantitative estimate of drug-likeness (QED) is 0.614. The van der Waals surface area contributed by atoms with Crippen molar-refractivity contribution in [1.82, 2.24) is 24.3 Å². The maximum atomic E-state index is 11.9. The van der Waals surface area contributed by atoms with Crippen LogP contribution < -0.4 is 11.2 Å². The minimum Gasteiger partial charge on any atom is -0.460 e. The molecule has 9 nitrogen and oxygen atoms in total. The number of ether oxygens (including phenoxy) is 1. The van der Waals surface area contributed by atoms with Crippen LogP contribution in [0.25, 0.3) is 11.2 Å². The second-order valence-corrected chi connectivity index (χ2v) is 3.73. The predicted molar refractivity (Wildman–Crippen MR) is 63.8 cm³/mol. The van der Waals surface area contributed by atoms with Crippen LogP contribution in [-0.4, -0.2) is 36.9 Å². The van der Waals surface area contributed by atoms with E-state index < -0.39 is 17.2 Å². The van der Waals surface area contributed by atoms with E-state index in [4.69, 9.17) is 4.74 Å². The SMILES string of the molecule is CCOC(=O)c1nnc2c(n1)c(=O)n(C)c(=O)n2C. The van der Waals surface area contributed by atoms with Crippen molar-refractivity contribution in [1.29, 1.82) is 0 Å². The molecule has 9 heteroatoms. The maximum absolute atomic E-state index is 11.9. The normalized spacial score (nSPS) is 10.7. The number of esters is 1. The van der Waals surface area contributed by atoms with E-state index in [0.717, 1.165) is 9.13 Å². The molecular formula is C10H11N5O4. The van der Waals surface area contributed by atoms with Crippen LogP contribution in [0.3, 0.4) is 0 Å². The number of hydrogen-bond donors (Lipinski definition) is 0. The van der Waals surface area contributed by atoms with Crippen LogP contribution in [0.5, 0.6) is 0 Å². The van der Waals surface area contributed by atoms with Gasteiger partial charge in [-0.15, -0.1) is 10.2 Å². The molecule has 0 saturated carbocycles. The van der Waals surface area contributed by atoms with Crippen molar-refractivity contribution >= 4 is 17.1 Å². The Kier molecular flexibility index (Phi) is 3.11. The molecule has 0 aliphatic rings. The molecular weight excluding hydrogens is 254 g/mol. The van der Waals surface area contributed by atoms with Crippen LogP contribution >= 0.6 is 0 Å². The van der Waals surface area contributed by atoms with Crippen molar-refractivity contribution in [2.75, 3.05) is 6.61 Å². The average molecular weight is 265 g/mol. The van der Waals surface area contributed by atoms with Gasteiger partial charge in [-0.1, -0.05) is 0 Å². The summed E-state index contributed by atoms with van der Waals surface area (Å²) in [6, 6.07) is 0. The molecule has 2 aromatic rings. The van der Waals surface area contributed by atoms with E-state index in [1.165, 1.54) is 14.1 Å². The van der Waals surface area contributed by atoms with E-state index in [-0.39, 0.29) is 23.6 Å². The van der Waals surface area contributed by atoms with E-state index in [1.807, 2.05) is 0 Å². The fourth-order valence-corrected chi connectivity index (χ4v) is 1.53. The number of hydrogen-bond acceptors (Lipinski definition) is 7. The monoisotopic (exact) mass is 265 g/mol. The van der Waals surface area contributed by atoms with Crippen LogP contribution in [0.1, 0.15) is 17.5 Å². The van der Waals surface area contributed by atoms with Gasteiger partial charge in [0.15, 0.2) is 11.2 Å². The first-order chi connectivity index (χ1) is 8.97. The summed E-state index contributed by atoms with van der Waals surface area (Å²) >= 11 is 0. The molecule has 0 N–H and O–H groups in total. The Morgan fingerprint density at radius 1 is 1.21 bits per heavy atom. The highest BCUT2D eigenvalue weighted by atomic mass is 16.5. The molecule has 0 radical (unpaired) electrons. The van der Waals surface area contributed by atoms with Gasteiger partial charge in [0, 0.05) is 14.1 Å². The van der Waals surface area contributed by atoms with Gasteiger partial charge in [-0.2, -0.15) is 0 Å². The summed E-state index contributed by atoms with van der Waals surface area (Å²) in [5.41, 5.74) is -1.28. The highest BCUT2D eigenvalue weighted by Gasteiger charge is 2.17. The van der Waals surface area contributed by atoms with Crippen LogP contribution in [0, 0.1) is 0 Å². The molecule has 0 aliphatic heterocycles. The van der Waals surface area contributed by atoms with Gasteiger partial charge in [-0.25, -0.2) is 14.6 Å². The number of nitrogens with zero attached hydrogens (tertiary/aromatic N) is 5. The zero-order valence-corrected chi connectivity index (χ0v) is 10.6. The third kappa shape index (κ3) is 1.98. The van der Waals surface area contributed by atoms with Gasteiger partial charge in [0.2, 0.25) is 0 Å². The molecule has 100 valence electrons. The van der Waals surface area contributed by atoms with E-state index >= 15 is 0 Å². The molecule has 0 aliphatic carbocycles. The summed E-state index contributed by atoms with van der Waals surface area (Å²) in [5, 5.41) is 7.24. The Morgan fingerprint density at radius 3 is 2.53 bits per heavy atom. The lowest BCUT2D eigenvalue weighted by atomic mass is 10.5. The van der Waals surface area contributed by atoms with E-state index in [9.17, 15) is 14.4 Å². The summed E-state index contributed by atoms with van der Waals surface area (Å²) in [5.74, 6) is -1.09. The Hall–Kier alpha value is -2.58. The largest absolute Gasteiger partial charge is 0.460 e. The molecule has 0 fully saturated rings. The van der Waals surface area contributed by atoms with E-state index in [1.54, 1.807) is 6.92 Å². The highest BCUT2D eigenvalue weighted by molar-refractivity contribution is 5.86. The number of carbonyl (C=O) groups is 1. The molecule has 19 heavy (non-hydrogen) atoms. The van der Waals surface area contributed by atoms with E-state index in [0.29, 0.717) is 0 Å². The zero-order valence-electron chi connectivity index (χ0n) is 10.6. The second-order valence-electron chi connectivity index (χ2n) is 3.73. The standard InChI is InChI=1S/C10H11N5O4/c1-4-19-9(17)6-11-5-7(13-12-6)14(2)10(18)15(3)8(5)16/h4H2,1-3H3. The molecule has 0 bridgehead atoms. The van der Waals surface area contributed by atoms with Crippen molar-refractivity contribution in [3.63, 3.8) is 0 Å². The second kappa shape index (κ2) is 4.59. The number of aromatic nitrogens is 5. The van der Waals surface area contributed by atoms with Crippen molar-refractivity contribution < 1.29 is 9.53 Å². The first-order valence-electron chi connectivity index (χ1n) is 5.45. The van der Waals surface area contributed by atoms with Crippen LogP contribution in [0.15, 0.2) is 9.59 Å². The fraction of sp³-hybridized carbons (Fsp3) is 0.400. The molecule has 0 saturated heterocycles. The molecule has 2 aromatic heterocycles. The van der Waals surface area contributed by atoms with Gasteiger partial charge in [-0.05, 0) is 6.92 Å². The number of aryl methyl sites for hydroxylation is 1. The Morgan fingerprint density at radius 2 is 1.89 bits per heavy atom. The summed E-state index contributed by atoms with van der Waals surface area (Å²) in [7, 11) is 2.75. The smallest absolute Gasteiger partial charge is 0.378 e. The number of rotatable bonds is 2. The summed E-state index contributed by atoms with van der Waals surface area (Å²) < 4.78 is 6.73. The van der Waals surface area contributed by atoms with Gasteiger partial charge in [0.1, 0.15) is 0 Å². The molecule has 0 spiro atoms. The molecule has 0 amide bonds. The lowest BCUT2D eigenvalue weighted by Crippen LogP contribution is -2.38. The van der Waals surface area contributed by atoms with Crippen LogP contribution in [0.2, 0.25) is 0 Å². The summed E-state index contributed by atoms with van der Waals surface area (Å²) in [6.45, 7) is 1.79. The third-order valence-corrected chi connectivity index (χ3v) is 2.53. The van der Waals surface area contributed by atoms with Gasteiger partial charge >= 0.3 is 11.7 Å². The molecule has 2 heterocycles. The Labute approximate surface area is 106 Å². The summed E-state index contributed by atoms with van der Waals surface area (Å²) in [4.78, 5) is 38.9. The van der Waals surface area contributed by atoms with Gasteiger partial charge < -0.3 is 4.74 Å². The van der Waals surface area contributed by atoms with Crippen molar-refractivity contribution in [3.05, 3.63) is 26.7 Å². The fourth-order valence-electron chi connectivity index (χ4n) is 1.53. The van der Waals surface area contributed by atoms with Gasteiger partial charge in [-0.3, -0.25) is 13.9 Å². The van der Waals surface area contributed by atoms with Crippen molar-refractivity contribution in [2.45, 2.75) is 6.92 Å². The minimum atomic E-state index is -0.771. The lowest BCUT2D eigenvalue weighted by Gasteiger charge is -2.05. The average Bonchev–Trinajstić information content (AvgIpc) is 2.42. The Bertz CT molecular complexity index is 776.